The van der Waals surface area contributed by atoms with E-state index in [-0.39, 0.29) is 5.56 Å². The minimum Gasteiger partial charge on any atom is -0.452 e. The molecule has 2 aromatic heterocycles. The van der Waals surface area contributed by atoms with Gasteiger partial charge in [-0.3, -0.25) is 14.6 Å². The second-order valence-corrected chi connectivity index (χ2v) is 7.70. The molecular formula is C21H19N3O4S. The molecule has 0 unspecified atom stereocenters. The van der Waals surface area contributed by atoms with E-state index in [1.807, 2.05) is 24.3 Å². The van der Waals surface area contributed by atoms with Gasteiger partial charge in [0.2, 0.25) is 0 Å². The molecule has 4 rings (SSSR count). The lowest BCUT2D eigenvalue weighted by molar-refractivity contribution is -0.119. The Kier molecular flexibility index (Phi) is 5.26. The van der Waals surface area contributed by atoms with Crippen LogP contribution in [-0.4, -0.2) is 29.4 Å². The molecule has 2 heterocycles. The van der Waals surface area contributed by atoms with E-state index < -0.39 is 24.4 Å². The number of ether oxygens (including phenoxy) is 1. The number of aryl methyl sites for hydroxylation is 1. The van der Waals surface area contributed by atoms with Crippen molar-refractivity contribution in [3.63, 3.8) is 0 Å². The van der Waals surface area contributed by atoms with Crippen LogP contribution in [0, 0.1) is 0 Å². The zero-order valence-electron chi connectivity index (χ0n) is 15.6. The van der Waals surface area contributed by atoms with E-state index in [1.54, 1.807) is 5.38 Å². The average Bonchev–Trinajstić information content (AvgIpc) is 3.18. The maximum atomic E-state index is 12.9. The summed E-state index contributed by atoms with van der Waals surface area (Å²) in [6.45, 7) is -0.458. The number of carbonyl (C=O) groups is 3. The number of hydrogen-bond donors (Lipinski definition) is 2. The summed E-state index contributed by atoms with van der Waals surface area (Å²) in [7, 11) is 0. The van der Waals surface area contributed by atoms with Crippen molar-refractivity contribution in [2.24, 2.45) is 5.73 Å². The van der Waals surface area contributed by atoms with Gasteiger partial charge < -0.3 is 15.8 Å². The molecule has 0 saturated carbocycles. The van der Waals surface area contributed by atoms with Crippen LogP contribution >= 0.6 is 11.3 Å². The molecule has 1 aromatic carbocycles. The number of thiophene rings is 1. The number of nitrogens with one attached hydrogen (secondary N) is 1. The fourth-order valence-electron chi connectivity index (χ4n) is 3.57. The SMILES string of the molecule is NC(=O)c1ccsc1NC(=O)COC(=O)c1c2c(nc3ccccc13)CCCC2. The number of primary amides is 1. The quantitative estimate of drug-likeness (QED) is 0.629. The summed E-state index contributed by atoms with van der Waals surface area (Å²) in [5.41, 5.74) is 8.58. The van der Waals surface area contributed by atoms with Gasteiger partial charge in [0.05, 0.1) is 16.6 Å². The third-order valence-corrected chi connectivity index (χ3v) is 5.72. The van der Waals surface area contributed by atoms with Gasteiger partial charge in [-0.25, -0.2) is 4.79 Å². The zero-order valence-corrected chi connectivity index (χ0v) is 16.4. The van der Waals surface area contributed by atoms with E-state index in [1.165, 1.54) is 17.4 Å². The number of esters is 1. The number of amides is 2. The number of aromatic nitrogens is 1. The van der Waals surface area contributed by atoms with Crippen molar-refractivity contribution in [2.45, 2.75) is 25.7 Å². The standard InChI is InChI=1S/C21H19N3O4S/c22-19(26)14-9-10-29-20(14)24-17(25)11-28-21(27)18-12-5-1-3-7-15(12)23-16-8-4-2-6-13(16)18/h1,3,5,7,9-10H,2,4,6,8,11H2,(H2,22,26)(H,24,25). The van der Waals surface area contributed by atoms with Gasteiger partial charge in [-0.2, -0.15) is 0 Å². The first-order chi connectivity index (χ1) is 14.0. The first-order valence-electron chi connectivity index (χ1n) is 9.29. The van der Waals surface area contributed by atoms with Gasteiger partial charge in [-0.15, -0.1) is 11.3 Å². The van der Waals surface area contributed by atoms with E-state index in [0.717, 1.165) is 47.8 Å². The number of nitrogens with zero attached hydrogens (tertiary/aromatic N) is 1. The second-order valence-electron chi connectivity index (χ2n) is 6.79. The summed E-state index contributed by atoms with van der Waals surface area (Å²) in [5.74, 6) is -1.71. The zero-order chi connectivity index (χ0) is 20.4. The Bertz CT molecular complexity index is 1120. The molecule has 0 saturated heterocycles. The maximum Gasteiger partial charge on any atom is 0.339 e. The first-order valence-corrected chi connectivity index (χ1v) is 10.2. The highest BCUT2D eigenvalue weighted by Crippen LogP contribution is 2.30. The molecule has 0 fully saturated rings. The summed E-state index contributed by atoms with van der Waals surface area (Å²) in [6, 6.07) is 8.98. The highest BCUT2D eigenvalue weighted by Gasteiger charge is 2.24. The monoisotopic (exact) mass is 409 g/mol. The Hall–Kier alpha value is -3.26. The fraction of sp³-hybridized carbons (Fsp3) is 0.238. The predicted octanol–water partition coefficient (Wildman–Crippen LogP) is 3.07. The molecule has 3 N–H and O–H groups in total. The maximum absolute atomic E-state index is 12.9. The van der Waals surface area contributed by atoms with Crippen LogP contribution in [0.1, 0.15) is 44.8 Å². The molecular weight excluding hydrogens is 390 g/mol. The normalized spacial score (nSPS) is 13.0. The largest absolute Gasteiger partial charge is 0.452 e. The third-order valence-electron chi connectivity index (χ3n) is 4.89. The van der Waals surface area contributed by atoms with Gasteiger partial charge in [0.15, 0.2) is 6.61 Å². The third kappa shape index (κ3) is 3.84. The van der Waals surface area contributed by atoms with Crippen LogP contribution < -0.4 is 11.1 Å². The van der Waals surface area contributed by atoms with E-state index in [0.29, 0.717) is 10.6 Å². The Balaban J connectivity index is 1.54. The fourth-order valence-corrected chi connectivity index (χ4v) is 4.38. The van der Waals surface area contributed by atoms with Gasteiger partial charge in [0.25, 0.3) is 11.8 Å². The molecule has 7 nitrogen and oxygen atoms in total. The van der Waals surface area contributed by atoms with Gasteiger partial charge in [-0.05, 0) is 48.8 Å². The van der Waals surface area contributed by atoms with Gasteiger partial charge in [0, 0.05) is 11.1 Å². The van der Waals surface area contributed by atoms with Crippen LogP contribution in [0.15, 0.2) is 35.7 Å². The van der Waals surface area contributed by atoms with Crippen molar-refractivity contribution >= 4 is 45.0 Å². The van der Waals surface area contributed by atoms with Crippen LogP contribution in [0.25, 0.3) is 10.9 Å². The van der Waals surface area contributed by atoms with Crippen LogP contribution in [0.4, 0.5) is 5.00 Å². The van der Waals surface area contributed by atoms with Crippen LogP contribution in [-0.2, 0) is 22.4 Å². The summed E-state index contributed by atoms with van der Waals surface area (Å²) >= 11 is 1.18. The molecule has 0 atom stereocenters. The number of carbonyl (C=O) groups excluding carboxylic acids is 3. The molecule has 0 aliphatic heterocycles. The number of fused-ring (bicyclic) bond motifs is 2. The molecule has 29 heavy (non-hydrogen) atoms. The van der Waals surface area contributed by atoms with Crippen LogP contribution in [0.2, 0.25) is 0 Å². The van der Waals surface area contributed by atoms with E-state index in [4.69, 9.17) is 15.5 Å². The smallest absolute Gasteiger partial charge is 0.339 e. The topological polar surface area (TPSA) is 111 Å². The minimum atomic E-state index is -0.631. The van der Waals surface area contributed by atoms with Crippen molar-refractivity contribution in [2.75, 3.05) is 11.9 Å². The Morgan fingerprint density at radius 2 is 1.93 bits per heavy atom. The van der Waals surface area contributed by atoms with E-state index in [2.05, 4.69) is 5.32 Å². The van der Waals surface area contributed by atoms with E-state index in [9.17, 15) is 14.4 Å². The lowest BCUT2D eigenvalue weighted by Gasteiger charge is -2.19. The molecule has 148 valence electrons. The molecule has 8 heteroatoms. The summed E-state index contributed by atoms with van der Waals surface area (Å²) < 4.78 is 5.32. The predicted molar refractivity (Wildman–Crippen MR) is 110 cm³/mol. The molecule has 0 bridgehead atoms. The number of rotatable bonds is 5. The number of nitrogens with two attached hydrogens (primary N) is 1. The van der Waals surface area contributed by atoms with Crippen LogP contribution in [0.5, 0.6) is 0 Å². The van der Waals surface area contributed by atoms with Crippen molar-refractivity contribution in [1.82, 2.24) is 4.98 Å². The van der Waals surface area contributed by atoms with Crippen molar-refractivity contribution in [3.8, 4) is 0 Å². The Morgan fingerprint density at radius 3 is 2.76 bits per heavy atom. The molecule has 0 spiro atoms. The van der Waals surface area contributed by atoms with E-state index >= 15 is 0 Å². The van der Waals surface area contributed by atoms with Gasteiger partial charge >= 0.3 is 5.97 Å². The molecule has 2 amide bonds. The number of hydrogen-bond acceptors (Lipinski definition) is 6. The number of anilines is 1. The molecule has 1 aliphatic rings. The molecule has 0 radical (unpaired) electrons. The summed E-state index contributed by atoms with van der Waals surface area (Å²) in [6.07, 6.45) is 3.62. The summed E-state index contributed by atoms with van der Waals surface area (Å²) in [5, 5.41) is 5.28. The summed E-state index contributed by atoms with van der Waals surface area (Å²) in [4.78, 5) is 41.2. The Morgan fingerprint density at radius 1 is 1.14 bits per heavy atom. The lowest BCUT2D eigenvalue weighted by Crippen LogP contribution is -2.23. The number of benzene rings is 1. The van der Waals surface area contributed by atoms with Gasteiger partial charge in [0.1, 0.15) is 5.00 Å². The van der Waals surface area contributed by atoms with Crippen molar-refractivity contribution in [1.29, 1.82) is 0 Å². The van der Waals surface area contributed by atoms with Crippen molar-refractivity contribution in [3.05, 3.63) is 58.1 Å². The second kappa shape index (κ2) is 8.00. The van der Waals surface area contributed by atoms with Crippen molar-refractivity contribution < 1.29 is 19.1 Å². The average molecular weight is 409 g/mol. The highest BCUT2D eigenvalue weighted by atomic mass is 32.1. The Labute approximate surface area is 170 Å². The molecule has 3 aromatic rings. The molecule has 1 aliphatic carbocycles. The minimum absolute atomic E-state index is 0.226. The number of pyridine rings is 1. The van der Waals surface area contributed by atoms with Crippen LogP contribution in [0.3, 0.4) is 0 Å². The van der Waals surface area contributed by atoms with Gasteiger partial charge in [-0.1, -0.05) is 18.2 Å². The highest BCUT2D eigenvalue weighted by molar-refractivity contribution is 7.14. The lowest BCUT2D eigenvalue weighted by atomic mass is 9.90. The first kappa shape index (κ1) is 19.1. The number of para-hydroxylation sites is 1.